The Balaban J connectivity index is 2.04. The average molecular weight is 214 g/mol. The molecule has 0 bridgehead atoms. The fourth-order valence-electron chi connectivity index (χ4n) is 2.41. The van der Waals surface area contributed by atoms with Gasteiger partial charge in [-0.05, 0) is 37.8 Å². The molecule has 1 aromatic carbocycles. The van der Waals surface area contributed by atoms with E-state index in [0.717, 1.165) is 13.1 Å². The maximum absolute atomic E-state index is 8.72. The van der Waals surface area contributed by atoms with Crippen molar-refractivity contribution in [1.82, 2.24) is 4.90 Å². The quantitative estimate of drug-likeness (QED) is 0.708. The van der Waals surface area contributed by atoms with E-state index in [4.69, 9.17) is 5.26 Å². The Bertz CT molecular complexity index is 375. The molecule has 1 aliphatic heterocycles. The van der Waals surface area contributed by atoms with E-state index in [2.05, 4.69) is 42.2 Å². The molecule has 16 heavy (non-hydrogen) atoms. The second-order valence-electron chi connectivity index (χ2n) is 4.64. The standard InChI is InChI=1S/C14H18N2/c1-12-4-6-13(7-5-12)14-3-2-9-16(11-14)10-8-15/h4-7,14H,2-3,9-11H2,1H3. The first-order valence-electron chi connectivity index (χ1n) is 5.95. The average Bonchev–Trinajstić information content (AvgIpc) is 2.31. The summed E-state index contributed by atoms with van der Waals surface area (Å²) < 4.78 is 0. The minimum absolute atomic E-state index is 0.572. The van der Waals surface area contributed by atoms with Gasteiger partial charge < -0.3 is 0 Å². The first-order valence-corrected chi connectivity index (χ1v) is 5.95. The van der Waals surface area contributed by atoms with Crippen LogP contribution in [0.3, 0.4) is 0 Å². The fourth-order valence-corrected chi connectivity index (χ4v) is 2.41. The molecule has 0 amide bonds. The first-order chi connectivity index (χ1) is 7.79. The van der Waals surface area contributed by atoms with Crippen LogP contribution in [0.2, 0.25) is 0 Å². The van der Waals surface area contributed by atoms with Crippen LogP contribution in [0.15, 0.2) is 24.3 Å². The van der Waals surface area contributed by atoms with Crippen molar-refractivity contribution in [3.05, 3.63) is 35.4 Å². The monoisotopic (exact) mass is 214 g/mol. The lowest BCUT2D eigenvalue weighted by Gasteiger charge is -2.31. The first kappa shape index (κ1) is 11.2. The minimum atomic E-state index is 0.572. The predicted octanol–water partition coefficient (Wildman–Crippen LogP) is 2.70. The van der Waals surface area contributed by atoms with Crippen molar-refractivity contribution in [3.8, 4) is 6.07 Å². The maximum atomic E-state index is 8.72. The largest absolute Gasteiger partial charge is 0.290 e. The molecule has 0 spiro atoms. The van der Waals surface area contributed by atoms with Crippen LogP contribution in [-0.2, 0) is 0 Å². The van der Waals surface area contributed by atoms with Crippen LogP contribution < -0.4 is 0 Å². The van der Waals surface area contributed by atoms with Gasteiger partial charge in [0.05, 0.1) is 12.6 Å². The topological polar surface area (TPSA) is 27.0 Å². The van der Waals surface area contributed by atoms with Crippen LogP contribution in [-0.4, -0.2) is 24.5 Å². The van der Waals surface area contributed by atoms with Crippen LogP contribution in [0.25, 0.3) is 0 Å². The number of benzene rings is 1. The van der Waals surface area contributed by atoms with Crippen LogP contribution in [0.5, 0.6) is 0 Å². The van der Waals surface area contributed by atoms with Crippen molar-refractivity contribution in [2.24, 2.45) is 0 Å². The molecular weight excluding hydrogens is 196 g/mol. The van der Waals surface area contributed by atoms with Crippen molar-refractivity contribution in [2.45, 2.75) is 25.7 Å². The Hall–Kier alpha value is -1.33. The summed E-state index contributed by atoms with van der Waals surface area (Å²) in [6.45, 7) is 4.81. The highest BCUT2D eigenvalue weighted by atomic mass is 15.1. The summed E-state index contributed by atoms with van der Waals surface area (Å²) >= 11 is 0. The molecule has 2 rings (SSSR count). The molecule has 1 fully saturated rings. The van der Waals surface area contributed by atoms with E-state index in [9.17, 15) is 0 Å². The number of aryl methyl sites for hydroxylation is 1. The van der Waals surface area contributed by atoms with Gasteiger partial charge in [-0.1, -0.05) is 29.8 Å². The number of piperidine rings is 1. The highest BCUT2D eigenvalue weighted by Gasteiger charge is 2.20. The van der Waals surface area contributed by atoms with Crippen LogP contribution in [0, 0.1) is 18.3 Å². The Morgan fingerprint density at radius 3 is 2.81 bits per heavy atom. The zero-order valence-electron chi connectivity index (χ0n) is 9.82. The van der Waals surface area contributed by atoms with Gasteiger partial charge in [0.25, 0.3) is 0 Å². The fraction of sp³-hybridized carbons (Fsp3) is 0.500. The third-order valence-electron chi connectivity index (χ3n) is 3.35. The number of rotatable bonds is 2. The third kappa shape index (κ3) is 2.62. The van der Waals surface area contributed by atoms with Crippen LogP contribution in [0.4, 0.5) is 0 Å². The summed E-state index contributed by atoms with van der Waals surface area (Å²) in [5.74, 6) is 0.614. The zero-order valence-corrected chi connectivity index (χ0v) is 9.82. The lowest BCUT2D eigenvalue weighted by atomic mass is 9.90. The number of likely N-dealkylation sites (tertiary alicyclic amines) is 1. The Morgan fingerprint density at radius 1 is 1.38 bits per heavy atom. The SMILES string of the molecule is Cc1ccc(C2CCCN(CC#N)C2)cc1. The Morgan fingerprint density at radius 2 is 2.12 bits per heavy atom. The van der Waals surface area contributed by atoms with Gasteiger partial charge in [-0.25, -0.2) is 0 Å². The molecule has 0 aromatic heterocycles. The van der Waals surface area contributed by atoms with E-state index in [1.165, 1.54) is 24.0 Å². The van der Waals surface area contributed by atoms with E-state index in [1.54, 1.807) is 0 Å². The molecule has 84 valence electrons. The molecular formula is C14H18N2. The number of hydrogen-bond donors (Lipinski definition) is 0. The predicted molar refractivity (Wildman–Crippen MR) is 65.2 cm³/mol. The highest BCUT2D eigenvalue weighted by Crippen LogP contribution is 2.26. The molecule has 1 aromatic rings. The zero-order chi connectivity index (χ0) is 11.4. The van der Waals surface area contributed by atoms with E-state index in [0.29, 0.717) is 12.5 Å². The Kier molecular flexibility index (Phi) is 3.58. The lowest BCUT2D eigenvalue weighted by molar-refractivity contribution is 0.230. The van der Waals surface area contributed by atoms with E-state index >= 15 is 0 Å². The molecule has 0 N–H and O–H groups in total. The van der Waals surface area contributed by atoms with Gasteiger partial charge in [0.15, 0.2) is 0 Å². The van der Waals surface area contributed by atoms with Crippen molar-refractivity contribution in [3.63, 3.8) is 0 Å². The second kappa shape index (κ2) is 5.14. The molecule has 1 atom stereocenters. The number of hydrogen-bond acceptors (Lipinski definition) is 2. The van der Waals surface area contributed by atoms with Gasteiger partial charge in [-0.3, -0.25) is 4.90 Å². The van der Waals surface area contributed by atoms with Gasteiger partial charge in [-0.15, -0.1) is 0 Å². The molecule has 1 aliphatic rings. The van der Waals surface area contributed by atoms with Crippen molar-refractivity contribution >= 4 is 0 Å². The summed E-state index contributed by atoms with van der Waals surface area (Å²) in [5.41, 5.74) is 2.74. The molecule has 0 saturated carbocycles. The van der Waals surface area contributed by atoms with Gasteiger partial charge in [0.2, 0.25) is 0 Å². The highest BCUT2D eigenvalue weighted by molar-refractivity contribution is 5.25. The Labute approximate surface area is 97.5 Å². The van der Waals surface area contributed by atoms with Gasteiger partial charge in [0.1, 0.15) is 0 Å². The molecule has 1 unspecified atom stereocenters. The third-order valence-corrected chi connectivity index (χ3v) is 3.35. The number of nitriles is 1. The van der Waals surface area contributed by atoms with Crippen LogP contribution in [0.1, 0.15) is 29.9 Å². The van der Waals surface area contributed by atoms with Crippen LogP contribution >= 0.6 is 0 Å². The lowest BCUT2D eigenvalue weighted by Crippen LogP contribution is -2.34. The molecule has 0 radical (unpaired) electrons. The normalized spacial score (nSPS) is 21.6. The molecule has 1 saturated heterocycles. The van der Waals surface area contributed by atoms with Crippen molar-refractivity contribution < 1.29 is 0 Å². The summed E-state index contributed by atoms with van der Waals surface area (Å²) in [6, 6.07) is 11.1. The van der Waals surface area contributed by atoms with Gasteiger partial charge >= 0.3 is 0 Å². The molecule has 0 aliphatic carbocycles. The summed E-state index contributed by atoms with van der Waals surface area (Å²) in [6.07, 6.45) is 2.46. The van der Waals surface area contributed by atoms with Crippen molar-refractivity contribution in [1.29, 1.82) is 5.26 Å². The van der Waals surface area contributed by atoms with E-state index < -0.39 is 0 Å². The number of nitrogens with zero attached hydrogens (tertiary/aromatic N) is 2. The summed E-state index contributed by atoms with van der Waals surface area (Å²) in [4.78, 5) is 2.26. The molecule has 2 heteroatoms. The molecule has 2 nitrogen and oxygen atoms in total. The maximum Gasteiger partial charge on any atom is 0.0866 e. The van der Waals surface area contributed by atoms with E-state index in [1.807, 2.05) is 0 Å². The smallest absolute Gasteiger partial charge is 0.0866 e. The summed E-state index contributed by atoms with van der Waals surface area (Å²) in [5, 5.41) is 8.72. The second-order valence-corrected chi connectivity index (χ2v) is 4.64. The van der Waals surface area contributed by atoms with Gasteiger partial charge in [0, 0.05) is 6.54 Å². The van der Waals surface area contributed by atoms with Crippen molar-refractivity contribution in [2.75, 3.05) is 19.6 Å². The minimum Gasteiger partial charge on any atom is -0.290 e. The van der Waals surface area contributed by atoms with E-state index in [-0.39, 0.29) is 0 Å². The van der Waals surface area contributed by atoms with Gasteiger partial charge in [-0.2, -0.15) is 5.26 Å². The molecule has 1 heterocycles. The summed E-state index contributed by atoms with van der Waals surface area (Å²) in [7, 11) is 0.